The Balaban J connectivity index is 1.26. The van der Waals surface area contributed by atoms with Gasteiger partial charge in [0.2, 0.25) is 0 Å². The zero-order valence-electron chi connectivity index (χ0n) is 20.4. The smallest absolute Gasteiger partial charge is 0.319 e. The van der Waals surface area contributed by atoms with Gasteiger partial charge in [0, 0.05) is 56.5 Å². The first-order chi connectivity index (χ1) is 18.1. The molecule has 8 nitrogen and oxygen atoms in total. The maximum absolute atomic E-state index is 14.8. The Bertz CT molecular complexity index is 1370. The van der Waals surface area contributed by atoms with Gasteiger partial charge in [0.15, 0.2) is 11.6 Å². The Morgan fingerprint density at radius 2 is 2.03 bits per heavy atom. The third-order valence-corrected chi connectivity index (χ3v) is 6.97. The highest BCUT2D eigenvalue weighted by atomic mass is 32.1. The molecule has 0 radical (unpaired) electrons. The van der Waals surface area contributed by atoms with E-state index in [-0.39, 0.29) is 17.8 Å². The van der Waals surface area contributed by atoms with Gasteiger partial charge in [-0.25, -0.2) is 9.18 Å². The summed E-state index contributed by atoms with van der Waals surface area (Å²) in [5.41, 5.74) is 3.05. The fourth-order valence-electron chi connectivity index (χ4n) is 3.73. The predicted molar refractivity (Wildman–Crippen MR) is 143 cm³/mol. The summed E-state index contributed by atoms with van der Waals surface area (Å²) < 4.78 is 26.6. The van der Waals surface area contributed by atoms with E-state index in [0.29, 0.717) is 11.4 Å². The number of methoxy groups -OCH3 is 1. The standard InChI is InChI=1S/C27H28FN5O3S/c1-35-12-2-10-29-15-17-3-7-21(31-16-17)25-14-22-26(37-25)24(9-11-30-22)36-23-8-6-19(13-20(23)28)33-27(34)32-18-4-5-18/h3,6-9,11,13-14,16,18,29H,2,4-5,10,12,15H2,1H3,(H2,32,33,34). The number of anilines is 1. The highest BCUT2D eigenvalue weighted by molar-refractivity contribution is 7.22. The van der Waals surface area contributed by atoms with Crippen LogP contribution in [-0.2, 0) is 11.3 Å². The number of benzene rings is 1. The molecule has 1 aliphatic rings. The van der Waals surface area contributed by atoms with Gasteiger partial charge in [-0.1, -0.05) is 6.07 Å². The van der Waals surface area contributed by atoms with Crippen LogP contribution < -0.4 is 20.7 Å². The van der Waals surface area contributed by atoms with Crippen LogP contribution in [0.5, 0.6) is 11.5 Å². The van der Waals surface area contributed by atoms with Crippen LogP contribution in [0.15, 0.2) is 54.9 Å². The maximum Gasteiger partial charge on any atom is 0.319 e. The second-order valence-electron chi connectivity index (χ2n) is 8.83. The molecule has 1 saturated carbocycles. The number of ether oxygens (including phenoxy) is 2. The van der Waals surface area contributed by atoms with Crippen molar-refractivity contribution < 1.29 is 18.7 Å². The Hall–Kier alpha value is -3.60. The van der Waals surface area contributed by atoms with E-state index in [2.05, 4.69) is 32.0 Å². The van der Waals surface area contributed by atoms with Crippen LogP contribution in [0.4, 0.5) is 14.9 Å². The Labute approximate surface area is 218 Å². The molecule has 0 bridgehead atoms. The molecule has 0 saturated heterocycles. The average Bonchev–Trinajstić information content (AvgIpc) is 3.59. The molecule has 2 amide bonds. The summed E-state index contributed by atoms with van der Waals surface area (Å²) >= 11 is 1.49. The monoisotopic (exact) mass is 521 g/mol. The van der Waals surface area contributed by atoms with E-state index in [1.54, 1.807) is 25.4 Å². The summed E-state index contributed by atoms with van der Waals surface area (Å²) in [7, 11) is 1.70. The number of aromatic nitrogens is 2. The lowest BCUT2D eigenvalue weighted by atomic mass is 10.2. The van der Waals surface area contributed by atoms with Gasteiger partial charge in [-0.15, -0.1) is 11.3 Å². The molecule has 3 aromatic heterocycles. The third kappa shape index (κ3) is 6.59. The number of carbonyl (C=O) groups is 1. The lowest BCUT2D eigenvalue weighted by Crippen LogP contribution is -2.30. The van der Waals surface area contributed by atoms with E-state index in [9.17, 15) is 9.18 Å². The largest absolute Gasteiger partial charge is 0.453 e. The molecule has 0 spiro atoms. The summed E-state index contributed by atoms with van der Waals surface area (Å²) in [6.45, 7) is 2.37. The number of rotatable bonds is 11. The van der Waals surface area contributed by atoms with Crippen molar-refractivity contribution in [2.24, 2.45) is 0 Å². The van der Waals surface area contributed by atoms with Gasteiger partial charge in [-0.05, 0) is 55.6 Å². The van der Waals surface area contributed by atoms with Crippen LogP contribution in [0.1, 0.15) is 24.8 Å². The quantitative estimate of drug-likeness (QED) is 0.219. The average molecular weight is 522 g/mol. The number of nitrogens with one attached hydrogen (secondary N) is 3. The second kappa shape index (κ2) is 11.6. The normalized spacial score (nSPS) is 13.0. The Morgan fingerprint density at radius 3 is 2.78 bits per heavy atom. The minimum Gasteiger partial charge on any atom is -0.453 e. The predicted octanol–water partition coefficient (Wildman–Crippen LogP) is 5.70. The Kier molecular flexibility index (Phi) is 7.88. The number of fused-ring (bicyclic) bond motifs is 1. The van der Waals surface area contributed by atoms with Gasteiger partial charge in [0.1, 0.15) is 5.75 Å². The minimum absolute atomic E-state index is 0.0658. The van der Waals surface area contributed by atoms with E-state index in [4.69, 9.17) is 9.47 Å². The van der Waals surface area contributed by atoms with Crippen LogP contribution in [0.25, 0.3) is 20.8 Å². The van der Waals surface area contributed by atoms with Crippen LogP contribution in [-0.4, -0.2) is 42.3 Å². The van der Waals surface area contributed by atoms with Crippen LogP contribution in [0.2, 0.25) is 0 Å². The first-order valence-corrected chi connectivity index (χ1v) is 13.0. The van der Waals surface area contributed by atoms with Crippen molar-refractivity contribution in [3.63, 3.8) is 0 Å². The zero-order valence-corrected chi connectivity index (χ0v) is 21.2. The first kappa shape index (κ1) is 25.1. The van der Waals surface area contributed by atoms with Crippen LogP contribution >= 0.6 is 11.3 Å². The van der Waals surface area contributed by atoms with E-state index >= 15 is 0 Å². The minimum atomic E-state index is -0.570. The second-order valence-corrected chi connectivity index (χ2v) is 9.88. The van der Waals surface area contributed by atoms with E-state index in [1.807, 2.05) is 18.3 Å². The molecule has 1 aliphatic carbocycles. The number of halogens is 1. The number of carbonyl (C=O) groups excluding carboxylic acids is 1. The molecule has 1 fully saturated rings. The number of hydrogen-bond donors (Lipinski definition) is 3. The molecule has 3 heterocycles. The summed E-state index contributed by atoms with van der Waals surface area (Å²) in [5, 5.41) is 8.84. The number of pyridine rings is 2. The molecule has 5 rings (SSSR count). The van der Waals surface area contributed by atoms with Crippen LogP contribution in [0.3, 0.4) is 0 Å². The third-order valence-electron chi connectivity index (χ3n) is 5.81. The molecule has 192 valence electrons. The number of amides is 2. The fraction of sp³-hybridized carbons (Fsp3) is 0.296. The first-order valence-electron chi connectivity index (χ1n) is 12.2. The molecule has 4 aromatic rings. The number of hydrogen-bond acceptors (Lipinski definition) is 7. The van der Waals surface area contributed by atoms with Crippen molar-refractivity contribution in [1.82, 2.24) is 20.6 Å². The number of nitrogens with zero attached hydrogens (tertiary/aromatic N) is 2. The van der Waals surface area contributed by atoms with Crippen LogP contribution in [0, 0.1) is 5.82 Å². The summed E-state index contributed by atoms with van der Waals surface area (Å²) in [6.07, 6.45) is 6.42. The van der Waals surface area contributed by atoms with E-state index in [0.717, 1.165) is 65.3 Å². The maximum atomic E-state index is 14.8. The highest BCUT2D eigenvalue weighted by Gasteiger charge is 2.23. The molecule has 0 aliphatic heterocycles. The summed E-state index contributed by atoms with van der Waals surface area (Å²) in [6, 6.07) is 12.0. The molecular weight excluding hydrogens is 493 g/mol. The SMILES string of the molecule is COCCCNCc1ccc(-c2cc3nccc(Oc4ccc(NC(=O)NC5CC5)cc4F)c3s2)nc1. The van der Waals surface area contributed by atoms with Crippen molar-refractivity contribution in [2.75, 3.05) is 25.6 Å². The number of urea groups is 1. The molecular formula is C27H28FN5O3S. The lowest BCUT2D eigenvalue weighted by Gasteiger charge is -2.10. The van der Waals surface area contributed by atoms with Gasteiger partial charge in [0.25, 0.3) is 0 Å². The van der Waals surface area contributed by atoms with Gasteiger partial charge in [-0.2, -0.15) is 0 Å². The lowest BCUT2D eigenvalue weighted by molar-refractivity contribution is 0.194. The highest BCUT2D eigenvalue weighted by Crippen LogP contribution is 2.39. The van der Waals surface area contributed by atoms with Gasteiger partial charge in [0.05, 0.1) is 20.8 Å². The van der Waals surface area contributed by atoms with Gasteiger partial charge < -0.3 is 25.4 Å². The van der Waals surface area contributed by atoms with Gasteiger partial charge in [-0.3, -0.25) is 9.97 Å². The summed E-state index contributed by atoms with van der Waals surface area (Å²) in [4.78, 5) is 21.9. The topological polar surface area (TPSA) is 97.4 Å². The van der Waals surface area contributed by atoms with Crippen molar-refractivity contribution >= 4 is 33.3 Å². The van der Waals surface area contributed by atoms with Gasteiger partial charge >= 0.3 is 6.03 Å². The molecule has 0 unspecified atom stereocenters. The zero-order chi connectivity index (χ0) is 25.6. The molecule has 37 heavy (non-hydrogen) atoms. The fourth-order valence-corrected chi connectivity index (χ4v) is 4.77. The molecule has 3 N–H and O–H groups in total. The van der Waals surface area contributed by atoms with Crippen molar-refractivity contribution in [1.29, 1.82) is 0 Å². The van der Waals surface area contributed by atoms with E-state index < -0.39 is 5.82 Å². The van der Waals surface area contributed by atoms with Crippen molar-refractivity contribution in [3.8, 4) is 22.1 Å². The molecule has 0 atom stereocenters. The Morgan fingerprint density at radius 1 is 1.14 bits per heavy atom. The number of thiophene rings is 1. The molecule has 10 heteroatoms. The van der Waals surface area contributed by atoms with Crippen molar-refractivity contribution in [2.45, 2.75) is 31.8 Å². The van der Waals surface area contributed by atoms with Crippen molar-refractivity contribution in [3.05, 3.63) is 66.2 Å². The molecule has 1 aromatic carbocycles. The summed E-state index contributed by atoms with van der Waals surface area (Å²) in [5.74, 6) is -0.000610. The van der Waals surface area contributed by atoms with E-state index in [1.165, 1.54) is 23.5 Å².